The van der Waals surface area contributed by atoms with Crippen molar-refractivity contribution in [2.45, 2.75) is 38.6 Å². The minimum atomic E-state index is -1.18. The smallest absolute Gasteiger partial charge is 0.329 e. The molecule has 0 bridgehead atoms. The second-order valence-electron chi connectivity index (χ2n) is 4.59. The molecule has 0 heterocycles. The van der Waals surface area contributed by atoms with E-state index >= 15 is 0 Å². The van der Waals surface area contributed by atoms with E-state index in [0.29, 0.717) is 19.4 Å². The van der Waals surface area contributed by atoms with Crippen LogP contribution in [-0.4, -0.2) is 53.1 Å². The van der Waals surface area contributed by atoms with Crippen molar-refractivity contribution in [1.82, 2.24) is 10.2 Å². The van der Waals surface area contributed by atoms with Gasteiger partial charge >= 0.3 is 12.0 Å². The number of carboxylic acids is 1. The Hall–Kier alpha value is -0.910. The number of amides is 2. The Morgan fingerprint density at radius 2 is 2.06 bits per heavy atom. The maximum Gasteiger partial charge on any atom is 0.329 e. The molecule has 0 rings (SSSR count). The second kappa shape index (κ2) is 8.24. The molecule has 5 nitrogen and oxygen atoms in total. The average molecular weight is 276 g/mol. The first-order chi connectivity index (χ1) is 8.37. The van der Waals surface area contributed by atoms with Gasteiger partial charge in [0.15, 0.2) is 0 Å². The van der Waals surface area contributed by atoms with Gasteiger partial charge in [-0.1, -0.05) is 13.3 Å². The maximum atomic E-state index is 11.9. The molecule has 2 N–H and O–H groups in total. The van der Waals surface area contributed by atoms with Crippen LogP contribution in [0.15, 0.2) is 0 Å². The monoisotopic (exact) mass is 276 g/mol. The number of urea groups is 1. The van der Waals surface area contributed by atoms with E-state index in [1.165, 1.54) is 4.90 Å². The molecule has 2 amide bonds. The Balaban J connectivity index is 4.37. The van der Waals surface area contributed by atoms with Gasteiger partial charge in [0.2, 0.25) is 0 Å². The molecule has 0 aromatic rings. The number of carbonyl (C=O) groups excluding carboxylic acids is 1. The summed E-state index contributed by atoms with van der Waals surface area (Å²) in [4.78, 5) is 24.6. The Morgan fingerprint density at radius 1 is 1.44 bits per heavy atom. The molecule has 0 aromatic heterocycles. The van der Waals surface area contributed by atoms with Gasteiger partial charge in [0.05, 0.1) is 0 Å². The van der Waals surface area contributed by atoms with Gasteiger partial charge in [-0.3, -0.25) is 0 Å². The summed E-state index contributed by atoms with van der Waals surface area (Å²) in [5.41, 5.74) is -1.18. The minimum Gasteiger partial charge on any atom is -0.480 e. The minimum absolute atomic E-state index is 0.325. The van der Waals surface area contributed by atoms with E-state index in [9.17, 15) is 14.7 Å². The Kier molecular flexibility index (Phi) is 7.82. The van der Waals surface area contributed by atoms with Crippen LogP contribution in [0.1, 0.15) is 33.1 Å². The lowest BCUT2D eigenvalue weighted by molar-refractivity contribution is -0.144. The predicted octanol–water partition coefficient (Wildman–Crippen LogP) is 2.02. The van der Waals surface area contributed by atoms with E-state index < -0.39 is 11.5 Å². The first kappa shape index (κ1) is 17.1. The number of nitrogens with one attached hydrogen (secondary N) is 1. The zero-order valence-corrected chi connectivity index (χ0v) is 12.5. The lowest BCUT2D eigenvalue weighted by Crippen LogP contribution is -2.55. The van der Waals surface area contributed by atoms with Crippen molar-refractivity contribution in [1.29, 1.82) is 0 Å². The number of hydrogen-bond acceptors (Lipinski definition) is 3. The number of carboxylic acid groups (broad SMARTS) is 1. The molecule has 106 valence electrons. The zero-order valence-electron chi connectivity index (χ0n) is 11.7. The van der Waals surface area contributed by atoms with Crippen LogP contribution < -0.4 is 5.32 Å². The van der Waals surface area contributed by atoms with Gasteiger partial charge in [0.25, 0.3) is 0 Å². The first-order valence-corrected chi connectivity index (χ1v) is 7.52. The van der Waals surface area contributed by atoms with Crippen molar-refractivity contribution >= 4 is 23.8 Å². The highest BCUT2D eigenvalue weighted by atomic mass is 32.2. The van der Waals surface area contributed by atoms with E-state index in [0.717, 1.165) is 12.2 Å². The fourth-order valence-electron chi connectivity index (χ4n) is 1.60. The standard InChI is InChI=1S/C12H24N2O3S/c1-5-7-12(2,10(15)16)13-11(17)14(3)8-6-9-18-4/h5-9H2,1-4H3,(H,13,17)(H,15,16). The third-order valence-electron chi connectivity index (χ3n) is 2.79. The van der Waals surface area contributed by atoms with E-state index in [1.807, 2.05) is 13.2 Å². The van der Waals surface area contributed by atoms with Crippen LogP contribution in [0, 0.1) is 0 Å². The van der Waals surface area contributed by atoms with Gasteiger partial charge in [-0.15, -0.1) is 0 Å². The van der Waals surface area contributed by atoms with Crippen LogP contribution in [0.4, 0.5) is 4.79 Å². The molecule has 0 fully saturated rings. The Morgan fingerprint density at radius 3 is 2.50 bits per heavy atom. The van der Waals surface area contributed by atoms with Crippen LogP contribution in [-0.2, 0) is 4.79 Å². The van der Waals surface area contributed by atoms with Crippen molar-refractivity contribution in [2.24, 2.45) is 0 Å². The van der Waals surface area contributed by atoms with Crippen LogP contribution in [0.2, 0.25) is 0 Å². The summed E-state index contributed by atoms with van der Waals surface area (Å²) in [5.74, 6) is -0.00168. The van der Waals surface area contributed by atoms with Crippen molar-refractivity contribution < 1.29 is 14.7 Å². The fourth-order valence-corrected chi connectivity index (χ4v) is 2.02. The van der Waals surface area contributed by atoms with Crippen LogP contribution in [0.25, 0.3) is 0 Å². The first-order valence-electron chi connectivity index (χ1n) is 6.13. The number of thioether (sulfide) groups is 1. The highest BCUT2D eigenvalue weighted by Gasteiger charge is 2.34. The largest absolute Gasteiger partial charge is 0.480 e. The van der Waals surface area contributed by atoms with Gasteiger partial charge in [0.1, 0.15) is 5.54 Å². The SMILES string of the molecule is CCCC(C)(NC(=O)N(C)CCCSC)C(=O)O. The topological polar surface area (TPSA) is 69.6 Å². The third kappa shape index (κ3) is 5.62. The Bertz CT molecular complexity index is 286. The quantitative estimate of drug-likeness (QED) is 0.665. The van der Waals surface area contributed by atoms with Crippen LogP contribution in [0.3, 0.4) is 0 Å². The van der Waals surface area contributed by atoms with Gasteiger partial charge in [-0.2, -0.15) is 11.8 Å². The lowest BCUT2D eigenvalue weighted by atomic mass is 9.96. The average Bonchev–Trinajstić information content (AvgIpc) is 2.29. The number of carbonyl (C=O) groups is 2. The number of nitrogens with zero attached hydrogens (tertiary/aromatic N) is 1. The molecule has 0 spiro atoms. The van der Waals surface area contributed by atoms with Crippen LogP contribution in [0.5, 0.6) is 0 Å². The lowest BCUT2D eigenvalue weighted by Gasteiger charge is -2.28. The normalized spacial score (nSPS) is 13.8. The van der Waals surface area contributed by atoms with Gasteiger partial charge in [-0.05, 0) is 31.8 Å². The third-order valence-corrected chi connectivity index (χ3v) is 3.49. The van der Waals surface area contributed by atoms with Gasteiger partial charge in [0, 0.05) is 13.6 Å². The predicted molar refractivity (Wildman–Crippen MR) is 75.1 cm³/mol. The molecule has 0 saturated carbocycles. The summed E-state index contributed by atoms with van der Waals surface area (Å²) >= 11 is 1.73. The van der Waals surface area contributed by atoms with E-state index in [-0.39, 0.29) is 6.03 Å². The molecular weight excluding hydrogens is 252 g/mol. The van der Waals surface area contributed by atoms with Gasteiger partial charge < -0.3 is 15.3 Å². The Labute approximate surface area is 113 Å². The zero-order chi connectivity index (χ0) is 14.2. The molecule has 0 saturated heterocycles. The van der Waals surface area contributed by atoms with E-state index in [4.69, 9.17) is 0 Å². The summed E-state index contributed by atoms with van der Waals surface area (Å²) in [6, 6.07) is -0.325. The molecule has 0 aromatic carbocycles. The number of aliphatic carboxylic acids is 1. The number of rotatable bonds is 8. The van der Waals surface area contributed by atoms with Crippen molar-refractivity contribution in [3.63, 3.8) is 0 Å². The molecule has 0 aliphatic carbocycles. The molecular formula is C12H24N2O3S. The molecule has 18 heavy (non-hydrogen) atoms. The summed E-state index contributed by atoms with van der Waals surface area (Å²) in [6.45, 7) is 4.08. The summed E-state index contributed by atoms with van der Waals surface area (Å²) in [5, 5.41) is 11.8. The van der Waals surface area contributed by atoms with Crippen molar-refractivity contribution in [2.75, 3.05) is 25.6 Å². The molecule has 0 radical (unpaired) electrons. The second-order valence-corrected chi connectivity index (χ2v) is 5.57. The van der Waals surface area contributed by atoms with E-state index in [1.54, 1.807) is 25.7 Å². The van der Waals surface area contributed by atoms with Gasteiger partial charge in [-0.25, -0.2) is 9.59 Å². The highest BCUT2D eigenvalue weighted by Crippen LogP contribution is 2.13. The summed E-state index contributed by atoms with van der Waals surface area (Å²) < 4.78 is 0. The molecule has 0 aliphatic rings. The molecule has 1 atom stereocenters. The number of hydrogen-bond donors (Lipinski definition) is 2. The molecule has 6 heteroatoms. The molecule has 1 unspecified atom stereocenters. The summed E-state index contributed by atoms with van der Waals surface area (Å²) in [6.07, 6.45) is 4.05. The molecule has 0 aliphatic heterocycles. The maximum absolute atomic E-state index is 11.9. The van der Waals surface area contributed by atoms with Crippen molar-refractivity contribution in [3.05, 3.63) is 0 Å². The van der Waals surface area contributed by atoms with Crippen LogP contribution >= 0.6 is 11.8 Å². The highest BCUT2D eigenvalue weighted by molar-refractivity contribution is 7.98. The fraction of sp³-hybridized carbons (Fsp3) is 0.833. The van der Waals surface area contributed by atoms with Crippen molar-refractivity contribution in [3.8, 4) is 0 Å². The summed E-state index contributed by atoms with van der Waals surface area (Å²) in [7, 11) is 1.68. The van der Waals surface area contributed by atoms with E-state index in [2.05, 4.69) is 5.32 Å².